The fraction of sp³-hybridized carbons (Fsp3) is 0.100. The minimum atomic E-state index is 0.0487. The summed E-state index contributed by atoms with van der Waals surface area (Å²) in [6.07, 6.45) is 1.64. The number of hydrogen-bond donors (Lipinski definition) is 1. The standard InChI is InChI=1S/C10H9ClN2O/c11-10-5-6-12-13(10)9-3-1-8(7-14)2-4-9/h1-6,14H,7H2. The first-order valence-corrected chi connectivity index (χ1v) is 4.59. The molecule has 1 aromatic heterocycles. The van der Waals surface area contributed by atoms with Crippen LogP contribution in [0.25, 0.3) is 5.69 Å². The molecule has 0 atom stereocenters. The SMILES string of the molecule is OCc1ccc(-n2nccc2Cl)cc1. The van der Waals surface area contributed by atoms with Crippen molar-refractivity contribution >= 4 is 11.6 Å². The third-order valence-electron chi connectivity index (χ3n) is 1.96. The van der Waals surface area contributed by atoms with Crippen LogP contribution in [0.3, 0.4) is 0 Å². The Morgan fingerprint density at radius 2 is 1.93 bits per heavy atom. The number of rotatable bonds is 2. The van der Waals surface area contributed by atoms with Gasteiger partial charge in [0.1, 0.15) is 5.15 Å². The molecule has 3 nitrogen and oxygen atoms in total. The number of hydrogen-bond acceptors (Lipinski definition) is 2. The maximum absolute atomic E-state index is 8.87. The zero-order valence-electron chi connectivity index (χ0n) is 7.39. The fourth-order valence-electron chi connectivity index (χ4n) is 1.22. The third-order valence-corrected chi connectivity index (χ3v) is 2.25. The van der Waals surface area contributed by atoms with Crippen molar-refractivity contribution in [1.82, 2.24) is 9.78 Å². The summed E-state index contributed by atoms with van der Waals surface area (Å²) in [7, 11) is 0. The zero-order chi connectivity index (χ0) is 9.97. The average Bonchev–Trinajstić information content (AvgIpc) is 2.65. The van der Waals surface area contributed by atoms with Crippen LogP contribution in [-0.2, 0) is 6.61 Å². The van der Waals surface area contributed by atoms with Crippen LogP contribution < -0.4 is 0 Å². The lowest BCUT2D eigenvalue weighted by molar-refractivity contribution is 0.282. The summed E-state index contributed by atoms with van der Waals surface area (Å²) in [6.45, 7) is 0.0487. The molecule has 0 saturated heterocycles. The summed E-state index contributed by atoms with van der Waals surface area (Å²) >= 11 is 5.90. The van der Waals surface area contributed by atoms with Gasteiger partial charge in [-0.1, -0.05) is 23.7 Å². The molecular weight excluding hydrogens is 200 g/mol. The van der Waals surface area contributed by atoms with Crippen LogP contribution in [0.15, 0.2) is 36.5 Å². The second-order valence-corrected chi connectivity index (χ2v) is 3.28. The Morgan fingerprint density at radius 1 is 1.21 bits per heavy atom. The molecule has 0 aliphatic carbocycles. The molecule has 1 N–H and O–H groups in total. The third kappa shape index (κ3) is 1.64. The molecule has 1 heterocycles. The van der Waals surface area contributed by atoms with Crippen molar-refractivity contribution in [1.29, 1.82) is 0 Å². The highest BCUT2D eigenvalue weighted by molar-refractivity contribution is 6.29. The Balaban J connectivity index is 2.39. The van der Waals surface area contributed by atoms with E-state index < -0.39 is 0 Å². The summed E-state index contributed by atoms with van der Waals surface area (Å²) < 4.78 is 1.63. The lowest BCUT2D eigenvalue weighted by atomic mass is 10.2. The highest BCUT2D eigenvalue weighted by Gasteiger charge is 2.01. The lowest BCUT2D eigenvalue weighted by Crippen LogP contribution is -1.96. The maximum atomic E-state index is 8.87. The van der Waals surface area contributed by atoms with Gasteiger partial charge in [0.15, 0.2) is 0 Å². The topological polar surface area (TPSA) is 38.0 Å². The van der Waals surface area contributed by atoms with Crippen molar-refractivity contribution in [2.24, 2.45) is 0 Å². The van der Waals surface area contributed by atoms with Gasteiger partial charge < -0.3 is 5.11 Å². The Labute approximate surface area is 86.6 Å². The van der Waals surface area contributed by atoms with Crippen molar-refractivity contribution < 1.29 is 5.11 Å². The first kappa shape index (κ1) is 9.24. The second-order valence-electron chi connectivity index (χ2n) is 2.89. The highest BCUT2D eigenvalue weighted by atomic mass is 35.5. The molecule has 0 aliphatic rings. The molecule has 0 fully saturated rings. The van der Waals surface area contributed by atoms with Crippen molar-refractivity contribution in [3.05, 3.63) is 47.2 Å². The molecule has 0 amide bonds. The number of halogens is 1. The van der Waals surface area contributed by atoms with Crippen molar-refractivity contribution in [3.8, 4) is 5.69 Å². The van der Waals surface area contributed by atoms with Gasteiger partial charge in [-0.15, -0.1) is 0 Å². The molecule has 0 aliphatic heterocycles. The molecule has 14 heavy (non-hydrogen) atoms. The van der Waals surface area contributed by atoms with Gasteiger partial charge in [-0.05, 0) is 23.8 Å². The lowest BCUT2D eigenvalue weighted by Gasteiger charge is -2.03. The van der Waals surface area contributed by atoms with E-state index in [9.17, 15) is 0 Å². The average molecular weight is 209 g/mol. The molecule has 0 radical (unpaired) electrons. The van der Waals surface area contributed by atoms with Gasteiger partial charge in [-0.25, -0.2) is 4.68 Å². The van der Waals surface area contributed by atoms with Gasteiger partial charge in [0.05, 0.1) is 18.5 Å². The maximum Gasteiger partial charge on any atom is 0.132 e. The van der Waals surface area contributed by atoms with Gasteiger partial charge in [0, 0.05) is 0 Å². The number of aromatic nitrogens is 2. The van der Waals surface area contributed by atoms with Crippen LogP contribution >= 0.6 is 11.6 Å². The summed E-state index contributed by atoms with van der Waals surface area (Å²) in [5, 5.41) is 13.5. The predicted octanol–water partition coefficient (Wildman–Crippen LogP) is 2.02. The van der Waals surface area contributed by atoms with E-state index in [1.54, 1.807) is 16.9 Å². The van der Waals surface area contributed by atoms with Gasteiger partial charge in [0.25, 0.3) is 0 Å². The van der Waals surface area contributed by atoms with Crippen molar-refractivity contribution in [2.45, 2.75) is 6.61 Å². The monoisotopic (exact) mass is 208 g/mol. The predicted molar refractivity (Wildman–Crippen MR) is 54.5 cm³/mol. The Hall–Kier alpha value is -1.32. The Morgan fingerprint density at radius 3 is 2.43 bits per heavy atom. The van der Waals surface area contributed by atoms with Gasteiger partial charge in [0.2, 0.25) is 0 Å². The van der Waals surface area contributed by atoms with E-state index in [0.717, 1.165) is 11.3 Å². The summed E-state index contributed by atoms with van der Waals surface area (Å²) in [4.78, 5) is 0. The van der Waals surface area contributed by atoms with Crippen LogP contribution in [0, 0.1) is 0 Å². The number of benzene rings is 1. The molecule has 0 bridgehead atoms. The molecule has 4 heteroatoms. The summed E-state index contributed by atoms with van der Waals surface area (Å²) in [5.41, 5.74) is 1.76. The van der Waals surface area contributed by atoms with Crippen LogP contribution in [0.5, 0.6) is 0 Å². The molecule has 2 aromatic rings. The molecule has 1 aromatic carbocycles. The van der Waals surface area contributed by atoms with E-state index in [2.05, 4.69) is 5.10 Å². The second kappa shape index (κ2) is 3.82. The molecule has 0 unspecified atom stereocenters. The molecule has 0 saturated carbocycles. The van der Waals surface area contributed by atoms with E-state index in [0.29, 0.717) is 5.15 Å². The zero-order valence-corrected chi connectivity index (χ0v) is 8.15. The Bertz CT molecular complexity index is 422. The molecular formula is C10H9ClN2O. The quantitative estimate of drug-likeness (QED) is 0.820. The largest absolute Gasteiger partial charge is 0.392 e. The molecule has 72 valence electrons. The smallest absolute Gasteiger partial charge is 0.132 e. The van der Waals surface area contributed by atoms with E-state index in [1.165, 1.54) is 0 Å². The van der Waals surface area contributed by atoms with E-state index in [4.69, 9.17) is 16.7 Å². The molecule has 0 spiro atoms. The van der Waals surface area contributed by atoms with Crippen LogP contribution in [0.1, 0.15) is 5.56 Å². The minimum Gasteiger partial charge on any atom is -0.392 e. The Kier molecular flexibility index (Phi) is 2.52. The summed E-state index contributed by atoms with van der Waals surface area (Å²) in [5.74, 6) is 0. The molecule has 2 rings (SSSR count). The number of aliphatic hydroxyl groups excluding tert-OH is 1. The van der Waals surface area contributed by atoms with Crippen molar-refractivity contribution in [2.75, 3.05) is 0 Å². The first-order valence-electron chi connectivity index (χ1n) is 4.21. The van der Waals surface area contributed by atoms with Gasteiger partial charge in [-0.3, -0.25) is 0 Å². The summed E-state index contributed by atoms with van der Waals surface area (Å²) in [6, 6.07) is 9.14. The van der Waals surface area contributed by atoms with Crippen LogP contribution in [-0.4, -0.2) is 14.9 Å². The fourth-order valence-corrected chi connectivity index (χ4v) is 1.42. The van der Waals surface area contributed by atoms with Crippen LogP contribution in [0.4, 0.5) is 0 Å². The van der Waals surface area contributed by atoms with E-state index >= 15 is 0 Å². The van der Waals surface area contributed by atoms with Gasteiger partial charge >= 0.3 is 0 Å². The van der Waals surface area contributed by atoms with Crippen LogP contribution in [0.2, 0.25) is 5.15 Å². The number of nitrogens with zero attached hydrogens (tertiary/aromatic N) is 2. The van der Waals surface area contributed by atoms with Crippen molar-refractivity contribution in [3.63, 3.8) is 0 Å². The number of aliphatic hydroxyl groups is 1. The van der Waals surface area contributed by atoms with Gasteiger partial charge in [-0.2, -0.15) is 5.10 Å². The first-order chi connectivity index (χ1) is 6.81. The van der Waals surface area contributed by atoms with E-state index in [1.807, 2.05) is 24.3 Å². The normalized spacial score (nSPS) is 10.4. The van der Waals surface area contributed by atoms with E-state index in [-0.39, 0.29) is 6.61 Å². The minimum absolute atomic E-state index is 0.0487. The highest BCUT2D eigenvalue weighted by Crippen LogP contribution is 2.15.